The molecule has 0 spiro atoms. The summed E-state index contributed by atoms with van der Waals surface area (Å²) in [6, 6.07) is 2.44. The van der Waals surface area contributed by atoms with Gasteiger partial charge in [0, 0.05) is 5.56 Å². The number of ether oxygens (including phenoxy) is 1. The van der Waals surface area contributed by atoms with Gasteiger partial charge in [0.1, 0.15) is 5.75 Å². The van der Waals surface area contributed by atoms with Gasteiger partial charge in [0.15, 0.2) is 0 Å². The maximum absolute atomic E-state index is 6.39. The van der Waals surface area contributed by atoms with Gasteiger partial charge in [-0.05, 0) is 60.1 Å². The van der Waals surface area contributed by atoms with Crippen LogP contribution in [0.15, 0.2) is 6.07 Å². The van der Waals surface area contributed by atoms with Gasteiger partial charge < -0.3 is 4.74 Å². The third-order valence-corrected chi connectivity index (χ3v) is 4.32. The van der Waals surface area contributed by atoms with Crippen molar-refractivity contribution in [2.75, 3.05) is 0 Å². The van der Waals surface area contributed by atoms with E-state index >= 15 is 0 Å². The first kappa shape index (κ1) is 21.1. The van der Waals surface area contributed by atoms with Crippen LogP contribution in [0.5, 0.6) is 5.75 Å². The van der Waals surface area contributed by atoms with Gasteiger partial charge in [-0.3, -0.25) is 0 Å². The molecular formula is C23H40O. The van der Waals surface area contributed by atoms with Crippen LogP contribution in [0.1, 0.15) is 104 Å². The monoisotopic (exact) mass is 332 g/mol. The summed E-state index contributed by atoms with van der Waals surface area (Å²) >= 11 is 0. The molecule has 0 atom stereocenters. The van der Waals surface area contributed by atoms with Crippen LogP contribution in [0.2, 0.25) is 0 Å². The molecule has 0 radical (unpaired) electrons. The standard InChI is InChI=1S/C23H40O/c1-12-18-19(23(9,10)11)13-17(14-22(6,7)8)21(24-16(4)5)20(18)15(2)3/h13,15-16H,12,14H2,1-11H3. The minimum atomic E-state index is 0.151. The minimum absolute atomic E-state index is 0.151. The molecule has 0 aliphatic rings. The van der Waals surface area contributed by atoms with Crippen LogP contribution < -0.4 is 4.74 Å². The first-order valence-corrected chi connectivity index (χ1v) is 9.63. The first-order valence-electron chi connectivity index (χ1n) is 9.63. The molecule has 0 amide bonds. The molecule has 0 aliphatic carbocycles. The normalized spacial score (nSPS) is 13.0. The van der Waals surface area contributed by atoms with E-state index in [9.17, 15) is 0 Å². The molecule has 138 valence electrons. The molecule has 0 aliphatic heterocycles. The molecule has 1 aromatic rings. The van der Waals surface area contributed by atoms with E-state index in [0.29, 0.717) is 5.92 Å². The second-order valence-corrected chi connectivity index (χ2v) is 9.97. The summed E-state index contributed by atoms with van der Waals surface area (Å²) in [6.07, 6.45) is 2.30. The van der Waals surface area contributed by atoms with Crippen LogP contribution in [0.4, 0.5) is 0 Å². The van der Waals surface area contributed by atoms with E-state index in [2.05, 4.69) is 82.2 Å². The third-order valence-electron chi connectivity index (χ3n) is 4.32. The van der Waals surface area contributed by atoms with E-state index in [0.717, 1.165) is 18.6 Å². The molecule has 0 aromatic heterocycles. The van der Waals surface area contributed by atoms with E-state index in [4.69, 9.17) is 4.74 Å². The highest BCUT2D eigenvalue weighted by molar-refractivity contribution is 5.54. The van der Waals surface area contributed by atoms with Gasteiger partial charge in [0.2, 0.25) is 0 Å². The Labute approximate surface area is 151 Å². The lowest BCUT2D eigenvalue weighted by Gasteiger charge is -2.32. The molecule has 0 heterocycles. The second kappa shape index (κ2) is 7.50. The van der Waals surface area contributed by atoms with Crippen molar-refractivity contribution >= 4 is 0 Å². The maximum atomic E-state index is 6.39. The zero-order chi connectivity index (χ0) is 18.9. The van der Waals surface area contributed by atoms with Crippen LogP contribution in [0, 0.1) is 5.41 Å². The van der Waals surface area contributed by atoms with Gasteiger partial charge in [-0.1, -0.05) is 68.4 Å². The van der Waals surface area contributed by atoms with Crippen LogP contribution in [0.3, 0.4) is 0 Å². The Balaban J connectivity index is 3.80. The van der Waals surface area contributed by atoms with E-state index in [1.807, 2.05) is 0 Å². The number of benzene rings is 1. The fourth-order valence-corrected chi connectivity index (χ4v) is 3.52. The molecule has 0 saturated carbocycles. The summed E-state index contributed by atoms with van der Waals surface area (Å²) in [7, 11) is 0. The third kappa shape index (κ3) is 5.26. The SMILES string of the molecule is CCc1c(C(C)(C)C)cc(CC(C)(C)C)c(OC(C)C)c1C(C)C. The Morgan fingerprint density at radius 1 is 0.958 bits per heavy atom. The number of rotatable bonds is 5. The smallest absolute Gasteiger partial charge is 0.126 e. The van der Waals surface area contributed by atoms with Crippen molar-refractivity contribution < 1.29 is 4.74 Å². The molecule has 1 rings (SSSR count). The molecule has 0 N–H and O–H groups in total. The number of hydrogen-bond donors (Lipinski definition) is 0. The lowest BCUT2D eigenvalue weighted by Crippen LogP contribution is -2.21. The fraction of sp³-hybridized carbons (Fsp3) is 0.739. The van der Waals surface area contributed by atoms with Crippen LogP contribution >= 0.6 is 0 Å². The summed E-state index contributed by atoms with van der Waals surface area (Å²) < 4.78 is 6.39. The highest BCUT2D eigenvalue weighted by Gasteiger charge is 2.28. The molecule has 0 unspecified atom stereocenters. The van der Waals surface area contributed by atoms with Gasteiger partial charge in [0.25, 0.3) is 0 Å². The highest BCUT2D eigenvalue weighted by Crippen LogP contribution is 2.42. The Kier molecular flexibility index (Phi) is 6.58. The zero-order valence-electron chi connectivity index (χ0n) is 18.1. The molecule has 1 nitrogen and oxygen atoms in total. The minimum Gasteiger partial charge on any atom is -0.490 e. The molecule has 0 bridgehead atoms. The van der Waals surface area contributed by atoms with Crippen molar-refractivity contribution in [3.63, 3.8) is 0 Å². The molecular weight excluding hydrogens is 292 g/mol. The lowest BCUT2D eigenvalue weighted by atomic mass is 9.76. The van der Waals surface area contributed by atoms with Crippen molar-refractivity contribution in [1.29, 1.82) is 0 Å². The molecule has 0 saturated heterocycles. The average molecular weight is 333 g/mol. The highest BCUT2D eigenvalue weighted by atomic mass is 16.5. The Morgan fingerprint density at radius 3 is 1.83 bits per heavy atom. The molecule has 0 fully saturated rings. The van der Waals surface area contributed by atoms with Crippen molar-refractivity contribution in [3.8, 4) is 5.75 Å². The van der Waals surface area contributed by atoms with Crippen LogP contribution in [-0.2, 0) is 18.3 Å². The quantitative estimate of drug-likeness (QED) is 0.561. The van der Waals surface area contributed by atoms with Crippen molar-refractivity contribution in [1.82, 2.24) is 0 Å². The second-order valence-electron chi connectivity index (χ2n) is 9.97. The number of hydrogen-bond acceptors (Lipinski definition) is 1. The first-order chi connectivity index (χ1) is 10.8. The van der Waals surface area contributed by atoms with Gasteiger partial charge >= 0.3 is 0 Å². The van der Waals surface area contributed by atoms with Gasteiger partial charge in [0.05, 0.1) is 6.10 Å². The van der Waals surface area contributed by atoms with Crippen molar-refractivity contribution in [2.24, 2.45) is 5.41 Å². The van der Waals surface area contributed by atoms with Gasteiger partial charge in [-0.2, -0.15) is 0 Å². The molecule has 24 heavy (non-hydrogen) atoms. The predicted molar refractivity (Wildman–Crippen MR) is 108 cm³/mol. The van der Waals surface area contributed by atoms with Crippen molar-refractivity contribution in [2.45, 2.75) is 106 Å². The Bertz CT molecular complexity index is 551. The molecule has 1 aromatic carbocycles. The summed E-state index contributed by atoms with van der Waals surface area (Å²) in [5.74, 6) is 1.62. The summed E-state index contributed by atoms with van der Waals surface area (Å²) in [5.41, 5.74) is 6.18. The van der Waals surface area contributed by atoms with E-state index < -0.39 is 0 Å². The largest absolute Gasteiger partial charge is 0.490 e. The Morgan fingerprint density at radius 2 is 1.50 bits per heavy atom. The van der Waals surface area contributed by atoms with E-state index in [1.54, 1.807) is 0 Å². The molecule has 1 heteroatoms. The lowest BCUT2D eigenvalue weighted by molar-refractivity contribution is 0.233. The Hall–Kier alpha value is -0.980. The summed E-state index contributed by atoms with van der Waals surface area (Å²) in [6.45, 7) is 25.1. The maximum Gasteiger partial charge on any atom is 0.126 e. The zero-order valence-corrected chi connectivity index (χ0v) is 18.1. The summed E-state index contributed by atoms with van der Waals surface area (Å²) in [5, 5.41) is 0. The topological polar surface area (TPSA) is 9.23 Å². The van der Waals surface area contributed by atoms with E-state index in [1.165, 1.54) is 22.3 Å². The summed E-state index contributed by atoms with van der Waals surface area (Å²) in [4.78, 5) is 0. The predicted octanol–water partition coefficient (Wildman–Crippen LogP) is 7.05. The van der Waals surface area contributed by atoms with Crippen molar-refractivity contribution in [3.05, 3.63) is 28.3 Å². The van der Waals surface area contributed by atoms with Crippen LogP contribution in [0.25, 0.3) is 0 Å². The van der Waals surface area contributed by atoms with Gasteiger partial charge in [-0.15, -0.1) is 0 Å². The van der Waals surface area contributed by atoms with Gasteiger partial charge in [-0.25, -0.2) is 0 Å². The fourth-order valence-electron chi connectivity index (χ4n) is 3.52. The van der Waals surface area contributed by atoms with Crippen LogP contribution in [-0.4, -0.2) is 6.10 Å². The van der Waals surface area contributed by atoms with E-state index in [-0.39, 0.29) is 16.9 Å². The average Bonchev–Trinajstić information content (AvgIpc) is 2.35.